The third-order valence-corrected chi connectivity index (χ3v) is 4.83. The van der Waals surface area contributed by atoms with Crippen molar-refractivity contribution in [3.63, 3.8) is 0 Å². The van der Waals surface area contributed by atoms with Gasteiger partial charge in [-0.1, -0.05) is 18.2 Å². The average Bonchev–Trinajstić information content (AvgIpc) is 3.43. The smallest absolute Gasteiger partial charge is 0.319 e. The molecule has 2 heterocycles. The Morgan fingerprint density at radius 1 is 1.13 bits per heavy atom. The van der Waals surface area contributed by atoms with E-state index in [9.17, 15) is 9.59 Å². The first-order valence-electron chi connectivity index (χ1n) is 9.63. The molecule has 2 aromatic carbocycles. The third kappa shape index (κ3) is 4.57. The Kier molecular flexibility index (Phi) is 5.60. The van der Waals surface area contributed by atoms with Crippen molar-refractivity contribution in [2.45, 2.75) is 25.5 Å². The highest BCUT2D eigenvalue weighted by molar-refractivity contribution is 5.94. The summed E-state index contributed by atoms with van der Waals surface area (Å²) in [5, 5.41) is 12.4. The minimum Gasteiger partial charge on any atom is -0.488 e. The lowest BCUT2D eigenvalue weighted by Gasteiger charge is -2.14. The fourth-order valence-corrected chi connectivity index (χ4v) is 3.17. The molecule has 9 heteroatoms. The zero-order valence-electron chi connectivity index (χ0n) is 16.4. The largest absolute Gasteiger partial charge is 0.488 e. The number of para-hydroxylation sites is 1. The van der Waals surface area contributed by atoms with Crippen LogP contribution in [-0.4, -0.2) is 39.4 Å². The van der Waals surface area contributed by atoms with Gasteiger partial charge >= 0.3 is 6.03 Å². The first-order chi connectivity index (χ1) is 14.6. The minimum atomic E-state index is -0.486. The molecule has 1 aliphatic heterocycles. The van der Waals surface area contributed by atoms with E-state index in [1.54, 1.807) is 31.2 Å². The summed E-state index contributed by atoms with van der Waals surface area (Å²) in [6, 6.07) is 14.0. The van der Waals surface area contributed by atoms with Gasteiger partial charge in [-0.2, -0.15) is 5.10 Å². The average molecular weight is 406 g/mol. The first kappa shape index (κ1) is 19.4. The molecule has 1 aliphatic rings. The number of carbonyl (C=O) groups is 2. The fraction of sp³-hybridized carbons (Fsp3) is 0.238. The maximum atomic E-state index is 12.3. The Balaban J connectivity index is 1.23. The van der Waals surface area contributed by atoms with Crippen LogP contribution < -0.4 is 20.7 Å². The second-order valence-electron chi connectivity index (χ2n) is 7.00. The highest BCUT2D eigenvalue weighted by Crippen LogP contribution is 2.27. The maximum Gasteiger partial charge on any atom is 0.319 e. The van der Waals surface area contributed by atoms with Gasteiger partial charge in [-0.3, -0.25) is 4.79 Å². The van der Waals surface area contributed by atoms with Crippen LogP contribution >= 0.6 is 0 Å². The molecule has 0 bridgehead atoms. The lowest BCUT2D eigenvalue weighted by atomic mass is 10.1. The van der Waals surface area contributed by atoms with E-state index in [1.165, 1.54) is 17.3 Å². The molecule has 0 spiro atoms. The number of hydrogen-bond donors (Lipinski definition) is 3. The van der Waals surface area contributed by atoms with Crippen LogP contribution in [0.25, 0.3) is 0 Å². The second-order valence-corrected chi connectivity index (χ2v) is 7.00. The van der Waals surface area contributed by atoms with Crippen molar-refractivity contribution in [3.05, 3.63) is 66.7 Å². The van der Waals surface area contributed by atoms with Gasteiger partial charge in [0, 0.05) is 17.8 Å². The molecule has 0 aliphatic carbocycles. The standard InChI is InChI=1S/C21H22N6O3/c1-14(27-13-22-12-24-27)20(28)25-16-6-8-17(9-7-16)26-21(29)23-11-18-10-15-4-2-3-5-19(15)30-18/h2-9,12-14,18H,10-11H2,1H3,(H,25,28)(H2,23,26,29)/t14-,18-/m1/s1. The van der Waals surface area contributed by atoms with Gasteiger partial charge in [0.1, 0.15) is 30.5 Å². The van der Waals surface area contributed by atoms with E-state index in [4.69, 9.17) is 4.74 Å². The van der Waals surface area contributed by atoms with Gasteiger partial charge in [-0.25, -0.2) is 14.5 Å². The van der Waals surface area contributed by atoms with Crippen LogP contribution in [0.15, 0.2) is 61.2 Å². The molecule has 3 amide bonds. The Bertz CT molecular complexity index is 994. The molecule has 9 nitrogen and oxygen atoms in total. The summed E-state index contributed by atoms with van der Waals surface area (Å²) in [6.45, 7) is 2.14. The summed E-state index contributed by atoms with van der Waals surface area (Å²) in [7, 11) is 0. The molecule has 3 N–H and O–H groups in total. The first-order valence-corrected chi connectivity index (χ1v) is 9.63. The molecule has 0 saturated carbocycles. The van der Waals surface area contributed by atoms with Gasteiger partial charge in [0.2, 0.25) is 5.91 Å². The van der Waals surface area contributed by atoms with Crippen LogP contribution in [0.4, 0.5) is 16.2 Å². The van der Waals surface area contributed by atoms with Crippen LogP contribution in [0, 0.1) is 0 Å². The summed E-state index contributed by atoms with van der Waals surface area (Å²) in [5.41, 5.74) is 2.39. The Morgan fingerprint density at radius 2 is 1.87 bits per heavy atom. The van der Waals surface area contributed by atoms with Gasteiger partial charge in [0.05, 0.1) is 6.54 Å². The van der Waals surface area contributed by atoms with E-state index in [-0.39, 0.29) is 18.0 Å². The quantitative estimate of drug-likeness (QED) is 0.583. The van der Waals surface area contributed by atoms with Crippen LogP contribution in [0.3, 0.4) is 0 Å². The van der Waals surface area contributed by atoms with E-state index in [2.05, 4.69) is 26.0 Å². The Hall–Kier alpha value is -3.88. The number of fused-ring (bicyclic) bond motifs is 1. The molecule has 0 fully saturated rings. The third-order valence-electron chi connectivity index (χ3n) is 4.83. The normalized spacial score (nSPS) is 15.6. The van der Waals surface area contributed by atoms with Crippen molar-refractivity contribution in [2.24, 2.45) is 0 Å². The van der Waals surface area contributed by atoms with Crippen LogP contribution in [0.2, 0.25) is 0 Å². The van der Waals surface area contributed by atoms with Gasteiger partial charge in [-0.15, -0.1) is 0 Å². The zero-order valence-corrected chi connectivity index (χ0v) is 16.4. The summed E-state index contributed by atoms with van der Waals surface area (Å²) in [5.74, 6) is 0.664. The molecule has 3 aromatic rings. The number of amides is 3. The Labute approximate surface area is 173 Å². The SMILES string of the molecule is C[C@H](C(=O)Nc1ccc(NC(=O)NC[C@H]2Cc3ccccc3O2)cc1)n1cncn1. The molecule has 0 saturated heterocycles. The van der Waals surface area contributed by atoms with Crippen molar-refractivity contribution in [3.8, 4) is 5.75 Å². The van der Waals surface area contributed by atoms with E-state index < -0.39 is 6.04 Å². The molecule has 2 atom stereocenters. The van der Waals surface area contributed by atoms with Gasteiger partial charge < -0.3 is 20.7 Å². The number of aromatic nitrogens is 3. The number of nitrogens with zero attached hydrogens (tertiary/aromatic N) is 3. The zero-order chi connectivity index (χ0) is 20.9. The molecule has 0 unspecified atom stereocenters. The number of anilines is 2. The molecule has 30 heavy (non-hydrogen) atoms. The van der Waals surface area contributed by atoms with Gasteiger partial charge in [0.15, 0.2) is 0 Å². The van der Waals surface area contributed by atoms with Crippen molar-refractivity contribution in [2.75, 3.05) is 17.2 Å². The summed E-state index contributed by atoms with van der Waals surface area (Å²) >= 11 is 0. The summed E-state index contributed by atoms with van der Waals surface area (Å²) < 4.78 is 7.29. The highest BCUT2D eigenvalue weighted by Gasteiger charge is 2.22. The number of nitrogens with one attached hydrogen (secondary N) is 3. The van der Waals surface area contributed by atoms with E-state index in [1.807, 2.05) is 24.3 Å². The topological polar surface area (TPSA) is 110 Å². The number of urea groups is 1. The van der Waals surface area contributed by atoms with Crippen molar-refractivity contribution >= 4 is 23.3 Å². The lowest BCUT2D eigenvalue weighted by molar-refractivity contribution is -0.119. The minimum absolute atomic E-state index is 0.0716. The molecular weight excluding hydrogens is 384 g/mol. The van der Waals surface area contributed by atoms with Gasteiger partial charge in [0.25, 0.3) is 0 Å². The number of hydrogen-bond acceptors (Lipinski definition) is 5. The predicted octanol–water partition coefficient (Wildman–Crippen LogP) is 2.60. The van der Waals surface area contributed by atoms with Crippen molar-refractivity contribution < 1.29 is 14.3 Å². The summed E-state index contributed by atoms with van der Waals surface area (Å²) in [6.07, 6.45) is 3.58. The predicted molar refractivity (Wildman–Crippen MR) is 111 cm³/mol. The van der Waals surface area contributed by atoms with Crippen LogP contribution in [0.1, 0.15) is 18.5 Å². The molecular formula is C21H22N6O3. The van der Waals surface area contributed by atoms with Crippen LogP contribution in [-0.2, 0) is 11.2 Å². The van der Waals surface area contributed by atoms with Gasteiger partial charge in [-0.05, 0) is 42.8 Å². The highest BCUT2D eigenvalue weighted by atomic mass is 16.5. The number of benzene rings is 2. The van der Waals surface area contributed by atoms with Crippen molar-refractivity contribution in [1.82, 2.24) is 20.1 Å². The van der Waals surface area contributed by atoms with Crippen LogP contribution in [0.5, 0.6) is 5.75 Å². The lowest BCUT2D eigenvalue weighted by Crippen LogP contribution is -2.37. The second kappa shape index (κ2) is 8.64. The van der Waals surface area contributed by atoms with Crippen molar-refractivity contribution in [1.29, 1.82) is 0 Å². The molecule has 1 aromatic heterocycles. The maximum absolute atomic E-state index is 12.3. The fourth-order valence-electron chi connectivity index (χ4n) is 3.17. The Morgan fingerprint density at radius 3 is 2.57 bits per heavy atom. The number of ether oxygens (including phenoxy) is 1. The molecule has 154 valence electrons. The molecule has 4 rings (SSSR count). The monoisotopic (exact) mass is 406 g/mol. The number of rotatable bonds is 6. The molecule has 0 radical (unpaired) electrons. The van der Waals surface area contributed by atoms with E-state index in [0.717, 1.165) is 17.7 Å². The van der Waals surface area contributed by atoms with E-state index in [0.29, 0.717) is 17.9 Å². The summed E-state index contributed by atoms with van der Waals surface area (Å²) in [4.78, 5) is 28.3. The van der Waals surface area contributed by atoms with E-state index >= 15 is 0 Å². The number of carbonyl (C=O) groups excluding carboxylic acids is 2.